The van der Waals surface area contributed by atoms with Gasteiger partial charge in [-0.1, -0.05) is 17.7 Å². The van der Waals surface area contributed by atoms with Gasteiger partial charge in [-0.25, -0.2) is 0 Å². The number of hydrogen-bond donors (Lipinski definition) is 1. The van der Waals surface area contributed by atoms with E-state index in [1.165, 1.54) is 40.1 Å². The van der Waals surface area contributed by atoms with Crippen LogP contribution in [0.25, 0.3) is 0 Å². The van der Waals surface area contributed by atoms with E-state index in [0.717, 1.165) is 38.2 Å². The van der Waals surface area contributed by atoms with Crippen molar-refractivity contribution in [2.45, 2.75) is 46.5 Å². The van der Waals surface area contributed by atoms with Crippen LogP contribution in [0.1, 0.15) is 40.8 Å². The van der Waals surface area contributed by atoms with Crippen LogP contribution in [-0.2, 0) is 19.9 Å². The van der Waals surface area contributed by atoms with Crippen molar-refractivity contribution in [1.29, 1.82) is 0 Å². The predicted octanol–water partition coefficient (Wildman–Crippen LogP) is 3.32. The highest BCUT2D eigenvalue weighted by Gasteiger charge is 2.27. The molecule has 2 N–H and O–H groups in total. The van der Waals surface area contributed by atoms with E-state index < -0.39 is 0 Å². The maximum Gasteiger partial charge on any atom is 0.158 e. The number of aromatic nitrogens is 2. The van der Waals surface area contributed by atoms with E-state index in [1.54, 1.807) is 0 Å². The van der Waals surface area contributed by atoms with Crippen LogP contribution in [0.5, 0.6) is 0 Å². The number of nitrogens with two attached hydrogens (primary N) is 1. The number of hydrogen-bond acceptors (Lipinski definition) is 3. The summed E-state index contributed by atoms with van der Waals surface area (Å²) in [6.45, 7) is 8.37. The molecule has 0 fully saturated rings. The van der Waals surface area contributed by atoms with Crippen LogP contribution >= 0.6 is 0 Å². The van der Waals surface area contributed by atoms with Crippen molar-refractivity contribution in [2.75, 3.05) is 18.0 Å². The molecular weight excluding hydrogens is 284 g/mol. The van der Waals surface area contributed by atoms with E-state index in [2.05, 4.69) is 49.5 Å². The van der Waals surface area contributed by atoms with E-state index in [4.69, 9.17) is 10.8 Å². The molecule has 1 aliphatic heterocycles. The largest absolute Gasteiger partial charge is 0.330 e. The Labute approximate surface area is 139 Å². The summed E-state index contributed by atoms with van der Waals surface area (Å²) in [7, 11) is 2.07. The molecule has 4 heteroatoms. The molecule has 0 bridgehead atoms. The highest BCUT2D eigenvalue weighted by molar-refractivity contribution is 5.71. The summed E-state index contributed by atoms with van der Waals surface area (Å²) < 4.78 is 2.07. The Hall–Kier alpha value is -1.81. The van der Waals surface area contributed by atoms with Gasteiger partial charge in [0.15, 0.2) is 5.82 Å². The van der Waals surface area contributed by atoms with Gasteiger partial charge in [-0.15, -0.1) is 0 Å². The molecule has 23 heavy (non-hydrogen) atoms. The zero-order valence-electron chi connectivity index (χ0n) is 14.8. The molecule has 2 aromatic rings. The summed E-state index contributed by atoms with van der Waals surface area (Å²) in [5.74, 6) is 1.15. The lowest BCUT2D eigenvalue weighted by molar-refractivity contribution is 0.683. The molecular formula is C19H28N4. The Kier molecular flexibility index (Phi) is 4.44. The first-order valence-electron chi connectivity index (χ1n) is 8.63. The monoisotopic (exact) mass is 312 g/mol. The lowest BCUT2D eigenvalue weighted by Gasteiger charge is -2.31. The fourth-order valence-electron chi connectivity index (χ4n) is 3.98. The van der Waals surface area contributed by atoms with Crippen molar-refractivity contribution in [3.8, 4) is 0 Å². The van der Waals surface area contributed by atoms with Crippen LogP contribution < -0.4 is 10.6 Å². The Morgan fingerprint density at radius 3 is 2.52 bits per heavy atom. The summed E-state index contributed by atoms with van der Waals surface area (Å²) in [6, 6.07) is 4.55. The van der Waals surface area contributed by atoms with Crippen LogP contribution in [0.15, 0.2) is 12.1 Å². The molecule has 0 radical (unpaired) electrons. The van der Waals surface area contributed by atoms with Crippen LogP contribution in [0.4, 0.5) is 11.5 Å². The molecule has 3 rings (SSSR count). The first-order chi connectivity index (χ1) is 11.0. The Bertz CT molecular complexity index is 691. The smallest absolute Gasteiger partial charge is 0.158 e. The molecule has 0 unspecified atom stereocenters. The molecule has 0 aliphatic carbocycles. The van der Waals surface area contributed by atoms with Gasteiger partial charge in [0, 0.05) is 30.5 Å². The molecule has 0 spiro atoms. The predicted molar refractivity (Wildman–Crippen MR) is 96.6 cm³/mol. The van der Waals surface area contributed by atoms with Gasteiger partial charge < -0.3 is 10.6 Å². The van der Waals surface area contributed by atoms with E-state index in [9.17, 15) is 0 Å². The van der Waals surface area contributed by atoms with Gasteiger partial charge in [0.05, 0.1) is 0 Å². The maximum atomic E-state index is 5.70. The second kappa shape index (κ2) is 6.36. The minimum absolute atomic E-state index is 0.736. The number of anilines is 2. The standard InChI is InChI=1S/C19H28N4/c1-13-11-14(2)18(15(3)12-13)23-10-6-7-16-17(8-5-9-20)22(4)21-19(16)23/h11-12H,5-10,20H2,1-4H3. The van der Waals surface area contributed by atoms with Crippen LogP contribution in [0.2, 0.25) is 0 Å². The van der Waals surface area contributed by atoms with Crippen molar-refractivity contribution in [1.82, 2.24) is 9.78 Å². The zero-order chi connectivity index (χ0) is 16.6. The van der Waals surface area contributed by atoms with E-state index in [1.807, 2.05) is 0 Å². The van der Waals surface area contributed by atoms with Gasteiger partial charge in [-0.2, -0.15) is 5.10 Å². The summed E-state index contributed by atoms with van der Waals surface area (Å²) in [4.78, 5) is 2.43. The van der Waals surface area contributed by atoms with E-state index >= 15 is 0 Å². The molecule has 4 nitrogen and oxygen atoms in total. The Morgan fingerprint density at radius 2 is 1.87 bits per heavy atom. The molecule has 0 atom stereocenters. The normalized spacial score (nSPS) is 14.2. The summed E-state index contributed by atoms with van der Waals surface area (Å²) >= 11 is 0. The number of nitrogens with zero attached hydrogens (tertiary/aromatic N) is 3. The minimum atomic E-state index is 0.736. The maximum absolute atomic E-state index is 5.70. The molecule has 1 aromatic carbocycles. The molecule has 0 saturated carbocycles. The third-order valence-electron chi connectivity index (χ3n) is 4.84. The van der Waals surface area contributed by atoms with Crippen molar-refractivity contribution in [2.24, 2.45) is 12.8 Å². The lowest BCUT2D eigenvalue weighted by atomic mass is 9.98. The molecule has 1 aliphatic rings. The molecule has 124 valence electrons. The average molecular weight is 312 g/mol. The molecule has 0 amide bonds. The summed E-state index contributed by atoms with van der Waals surface area (Å²) in [5.41, 5.74) is 13.8. The molecule has 0 saturated heterocycles. The first-order valence-corrected chi connectivity index (χ1v) is 8.63. The van der Waals surface area contributed by atoms with Crippen molar-refractivity contribution in [3.05, 3.63) is 40.1 Å². The van der Waals surface area contributed by atoms with E-state index in [-0.39, 0.29) is 0 Å². The SMILES string of the molecule is Cc1cc(C)c(N2CCCc3c2nn(C)c3CCCN)c(C)c1. The van der Waals surface area contributed by atoms with Gasteiger partial charge in [0.25, 0.3) is 0 Å². The third kappa shape index (κ3) is 2.88. The molecule has 2 heterocycles. The number of rotatable bonds is 4. The number of benzene rings is 1. The Balaban J connectivity index is 2.06. The summed E-state index contributed by atoms with van der Waals surface area (Å²) in [6.07, 6.45) is 4.36. The highest BCUT2D eigenvalue weighted by Crippen LogP contribution is 2.38. The van der Waals surface area contributed by atoms with Crippen LogP contribution in [0.3, 0.4) is 0 Å². The van der Waals surface area contributed by atoms with Crippen molar-refractivity contribution >= 4 is 11.5 Å². The second-order valence-corrected chi connectivity index (χ2v) is 6.77. The van der Waals surface area contributed by atoms with Gasteiger partial charge >= 0.3 is 0 Å². The van der Waals surface area contributed by atoms with Crippen molar-refractivity contribution < 1.29 is 0 Å². The van der Waals surface area contributed by atoms with Gasteiger partial charge in [-0.3, -0.25) is 4.68 Å². The van der Waals surface area contributed by atoms with E-state index in [0.29, 0.717) is 0 Å². The average Bonchev–Trinajstić information content (AvgIpc) is 2.80. The van der Waals surface area contributed by atoms with Gasteiger partial charge in [0.2, 0.25) is 0 Å². The highest BCUT2D eigenvalue weighted by atomic mass is 15.4. The fraction of sp³-hybridized carbons (Fsp3) is 0.526. The van der Waals surface area contributed by atoms with Crippen LogP contribution in [-0.4, -0.2) is 22.9 Å². The topological polar surface area (TPSA) is 47.1 Å². The summed E-state index contributed by atoms with van der Waals surface area (Å²) in [5, 5.41) is 4.87. The zero-order valence-corrected chi connectivity index (χ0v) is 14.8. The first kappa shape index (κ1) is 16.1. The quantitative estimate of drug-likeness (QED) is 0.942. The third-order valence-corrected chi connectivity index (χ3v) is 4.84. The van der Waals surface area contributed by atoms with Crippen LogP contribution in [0, 0.1) is 20.8 Å². The fourth-order valence-corrected chi connectivity index (χ4v) is 3.98. The van der Waals surface area contributed by atoms with Gasteiger partial charge in [-0.05, 0) is 64.1 Å². The molecule has 1 aromatic heterocycles. The second-order valence-electron chi connectivity index (χ2n) is 6.77. The Morgan fingerprint density at radius 1 is 1.17 bits per heavy atom. The van der Waals surface area contributed by atoms with Gasteiger partial charge in [0.1, 0.15) is 0 Å². The lowest BCUT2D eigenvalue weighted by Crippen LogP contribution is -2.26. The minimum Gasteiger partial charge on any atom is -0.330 e. The number of aryl methyl sites for hydroxylation is 4. The van der Waals surface area contributed by atoms with Crippen molar-refractivity contribution in [3.63, 3.8) is 0 Å². The number of fused-ring (bicyclic) bond motifs is 1.